The lowest BCUT2D eigenvalue weighted by atomic mass is 9.92. The summed E-state index contributed by atoms with van der Waals surface area (Å²) < 4.78 is 0. The normalized spacial score (nSPS) is 14.7. The number of rotatable bonds is 4. The molecule has 0 spiro atoms. The molecular weight excluding hydrogens is 218 g/mol. The highest BCUT2D eigenvalue weighted by molar-refractivity contribution is 5.75. The zero-order chi connectivity index (χ0) is 12.4. The average molecular weight is 233 g/mol. The SMILES string of the molecule is CC(CC(=O)O)C(N)c1ccc2nc[nH]c2c1. The van der Waals surface area contributed by atoms with Crippen molar-refractivity contribution in [2.45, 2.75) is 19.4 Å². The fourth-order valence-corrected chi connectivity index (χ4v) is 1.89. The number of aromatic nitrogens is 2. The van der Waals surface area contributed by atoms with E-state index in [0.717, 1.165) is 16.6 Å². The van der Waals surface area contributed by atoms with E-state index in [1.807, 2.05) is 25.1 Å². The van der Waals surface area contributed by atoms with Crippen molar-refractivity contribution in [1.29, 1.82) is 0 Å². The smallest absolute Gasteiger partial charge is 0.303 e. The van der Waals surface area contributed by atoms with E-state index < -0.39 is 5.97 Å². The number of carboxylic acids is 1. The number of hydrogen-bond acceptors (Lipinski definition) is 3. The first kappa shape index (κ1) is 11.6. The number of fused-ring (bicyclic) bond motifs is 1. The van der Waals surface area contributed by atoms with E-state index in [1.54, 1.807) is 6.33 Å². The van der Waals surface area contributed by atoms with E-state index in [0.29, 0.717) is 0 Å². The van der Waals surface area contributed by atoms with Gasteiger partial charge in [-0.05, 0) is 23.6 Å². The Morgan fingerprint density at radius 1 is 1.59 bits per heavy atom. The fraction of sp³-hybridized carbons (Fsp3) is 0.333. The van der Waals surface area contributed by atoms with Crippen molar-refractivity contribution < 1.29 is 9.90 Å². The molecule has 0 aliphatic carbocycles. The van der Waals surface area contributed by atoms with E-state index >= 15 is 0 Å². The van der Waals surface area contributed by atoms with Gasteiger partial charge in [0, 0.05) is 12.5 Å². The van der Waals surface area contributed by atoms with Crippen LogP contribution in [0.3, 0.4) is 0 Å². The van der Waals surface area contributed by atoms with E-state index in [4.69, 9.17) is 10.8 Å². The number of nitrogens with one attached hydrogen (secondary N) is 1. The Balaban J connectivity index is 2.23. The van der Waals surface area contributed by atoms with E-state index in [9.17, 15) is 4.79 Å². The molecule has 0 radical (unpaired) electrons. The molecule has 17 heavy (non-hydrogen) atoms. The number of benzene rings is 1. The molecule has 2 aromatic rings. The molecule has 1 heterocycles. The molecular formula is C12H15N3O2. The Morgan fingerprint density at radius 2 is 2.35 bits per heavy atom. The minimum atomic E-state index is -0.824. The van der Waals surface area contributed by atoms with E-state index in [-0.39, 0.29) is 18.4 Å². The van der Waals surface area contributed by atoms with Gasteiger partial charge in [0.2, 0.25) is 0 Å². The molecule has 1 aromatic heterocycles. The van der Waals surface area contributed by atoms with Gasteiger partial charge in [0.05, 0.1) is 17.4 Å². The number of nitrogens with zero attached hydrogens (tertiary/aromatic N) is 1. The van der Waals surface area contributed by atoms with Gasteiger partial charge in [-0.15, -0.1) is 0 Å². The lowest BCUT2D eigenvalue weighted by molar-refractivity contribution is -0.138. The molecule has 0 bridgehead atoms. The Labute approximate surface area is 98.7 Å². The number of hydrogen-bond donors (Lipinski definition) is 3. The maximum absolute atomic E-state index is 10.6. The van der Waals surface area contributed by atoms with Crippen LogP contribution in [0.4, 0.5) is 0 Å². The zero-order valence-corrected chi connectivity index (χ0v) is 9.55. The first-order valence-electron chi connectivity index (χ1n) is 5.48. The summed E-state index contributed by atoms with van der Waals surface area (Å²) in [6, 6.07) is 5.42. The molecule has 0 fully saturated rings. The molecule has 0 aliphatic heterocycles. The molecule has 1 aromatic carbocycles. The largest absolute Gasteiger partial charge is 0.481 e. The van der Waals surface area contributed by atoms with Crippen molar-refractivity contribution in [3.63, 3.8) is 0 Å². The van der Waals surface area contributed by atoms with Gasteiger partial charge in [0.15, 0.2) is 0 Å². The van der Waals surface area contributed by atoms with Crippen molar-refractivity contribution in [3.8, 4) is 0 Å². The molecule has 5 nitrogen and oxygen atoms in total. The maximum atomic E-state index is 10.6. The van der Waals surface area contributed by atoms with Crippen LogP contribution in [0, 0.1) is 5.92 Å². The Kier molecular flexibility index (Phi) is 3.10. The van der Waals surface area contributed by atoms with Gasteiger partial charge in [0.25, 0.3) is 0 Å². The second kappa shape index (κ2) is 4.55. The molecule has 2 atom stereocenters. The molecule has 4 N–H and O–H groups in total. The average Bonchev–Trinajstić information content (AvgIpc) is 2.73. The topological polar surface area (TPSA) is 92.0 Å². The van der Waals surface area contributed by atoms with Gasteiger partial charge in [-0.25, -0.2) is 4.98 Å². The monoisotopic (exact) mass is 233 g/mol. The predicted octanol–water partition coefficient (Wildman–Crippen LogP) is 1.67. The predicted molar refractivity (Wildman–Crippen MR) is 64.4 cm³/mol. The van der Waals surface area contributed by atoms with Crippen LogP contribution < -0.4 is 5.73 Å². The lowest BCUT2D eigenvalue weighted by Gasteiger charge is -2.18. The first-order valence-corrected chi connectivity index (χ1v) is 5.48. The number of aliphatic carboxylic acids is 1. The van der Waals surface area contributed by atoms with Crippen LogP contribution in [0.15, 0.2) is 24.5 Å². The third-order valence-corrected chi connectivity index (χ3v) is 2.94. The third-order valence-electron chi connectivity index (χ3n) is 2.94. The summed E-state index contributed by atoms with van der Waals surface area (Å²) >= 11 is 0. The van der Waals surface area contributed by atoms with Crippen LogP contribution in [-0.4, -0.2) is 21.0 Å². The van der Waals surface area contributed by atoms with Crippen molar-refractivity contribution in [2.24, 2.45) is 11.7 Å². The van der Waals surface area contributed by atoms with Gasteiger partial charge in [0.1, 0.15) is 0 Å². The summed E-state index contributed by atoms with van der Waals surface area (Å²) in [6.07, 6.45) is 1.70. The maximum Gasteiger partial charge on any atom is 0.303 e. The van der Waals surface area contributed by atoms with Crippen LogP contribution >= 0.6 is 0 Å². The first-order chi connectivity index (χ1) is 8.08. The van der Waals surface area contributed by atoms with Crippen molar-refractivity contribution in [3.05, 3.63) is 30.1 Å². The molecule has 0 saturated heterocycles. The van der Waals surface area contributed by atoms with Gasteiger partial charge in [-0.2, -0.15) is 0 Å². The van der Waals surface area contributed by atoms with Crippen LogP contribution in [0.25, 0.3) is 11.0 Å². The molecule has 90 valence electrons. The summed E-state index contributed by atoms with van der Waals surface area (Å²) in [5.74, 6) is -0.927. The van der Waals surface area contributed by atoms with Gasteiger partial charge < -0.3 is 15.8 Å². The number of aromatic amines is 1. The second-order valence-corrected chi connectivity index (χ2v) is 4.28. The highest BCUT2D eigenvalue weighted by Gasteiger charge is 2.18. The molecule has 5 heteroatoms. The zero-order valence-electron chi connectivity index (χ0n) is 9.55. The number of imidazole rings is 1. The molecule has 2 unspecified atom stereocenters. The summed E-state index contributed by atoms with van der Waals surface area (Å²) in [7, 11) is 0. The number of carboxylic acid groups (broad SMARTS) is 1. The molecule has 0 saturated carbocycles. The van der Waals surface area contributed by atoms with Crippen LogP contribution in [0.5, 0.6) is 0 Å². The molecule has 0 amide bonds. The van der Waals surface area contributed by atoms with Crippen LogP contribution in [0.2, 0.25) is 0 Å². The van der Waals surface area contributed by atoms with Crippen LogP contribution in [0.1, 0.15) is 24.9 Å². The summed E-state index contributed by atoms with van der Waals surface area (Å²) in [6.45, 7) is 1.84. The van der Waals surface area contributed by atoms with Crippen molar-refractivity contribution >= 4 is 17.0 Å². The van der Waals surface area contributed by atoms with Crippen molar-refractivity contribution in [1.82, 2.24) is 9.97 Å². The summed E-state index contributed by atoms with van der Waals surface area (Å²) in [5, 5.41) is 8.75. The third kappa shape index (κ3) is 2.45. The van der Waals surface area contributed by atoms with E-state index in [2.05, 4.69) is 9.97 Å². The number of H-pyrrole nitrogens is 1. The number of nitrogens with two attached hydrogens (primary N) is 1. The second-order valence-electron chi connectivity index (χ2n) is 4.28. The summed E-state index contributed by atoms with van der Waals surface area (Å²) in [4.78, 5) is 17.8. The summed E-state index contributed by atoms with van der Waals surface area (Å²) in [5.41, 5.74) is 8.77. The Morgan fingerprint density at radius 3 is 3.06 bits per heavy atom. The standard InChI is InChI=1S/C12H15N3O2/c1-7(4-11(16)17)12(13)8-2-3-9-10(5-8)15-6-14-9/h2-3,5-7,12H,4,13H2,1H3,(H,14,15)(H,16,17). The fourth-order valence-electron chi connectivity index (χ4n) is 1.89. The van der Waals surface area contributed by atoms with Gasteiger partial charge in [-0.3, -0.25) is 4.79 Å². The van der Waals surface area contributed by atoms with Gasteiger partial charge in [-0.1, -0.05) is 13.0 Å². The van der Waals surface area contributed by atoms with E-state index in [1.165, 1.54) is 0 Å². The molecule has 2 rings (SSSR count). The Hall–Kier alpha value is -1.88. The molecule has 0 aliphatic rings. The minimum Gasteiger partial charge on any atom is -0.481 e. The minimum absolute atomic E-state index is 0.0716. The lowest BCUT2D eigenvalue weighted by Crippen LogP contribution is -2.21. The van der Waals surface area contributed by atoms with Crippen LogP contribution in [-0.2, 0) is 4.79 Å². The quantitative estimate of drug-likeness (QED) is 0.749. The van der Waals surface area contributed by atoms with Crippen molar-refractivity contribution in [2.75, 3.05) is 0 Å². The van der Waals surface area contributed by atoms with Gasteiger partial charge >= 0.3 is 5.97 Å². The number of carbonyl (C=O) groups is 1. The highest BCUT2D eigenvalue weighted by atomic mass is 16.4. The highest BCUT2D eigenvalue weighted by Crippen LogP contribution is 2.24. The Bertz CT molecular complexity index is 535.